The highest BCUT2D eigenvalue weighted by molar-refractivity contribution is 9.09. The van der Waals surface area contributed by atoms with Crippen LogP contribution in [0.2, 0.25) is 5.02 Å². The molecule has 0 radical (unpaired) electrons. The van der Waals surface area contributed by atoms with Crippen LogP contribution < -0.4 is 4.74 Å². The van der Waals surface area contributed by atoms with E-state index in [1.54, 1.807) is 0 Å². The molecule has 0 fully saturated rings. The lowest BCUT2D eigenvalue weighted by molar-refractivity contribution is 0.144. The maximum Gasteiger partial charge on any atom is 0.137 e. The zero-order valence-corrected chi connectivity index (χ0v) is 13.6. The van der Waals surface area contributed by atoms with Crippen molar-refractivity contribution in [3.05, 3.63) is 29.3 Å². The van der Waals surface area contributed by atoms with Crippen LogP contribution in [-0.2, 0) is 0 Å². The second-order valence-corrected chi connectivity index (χ2v) is 5.82. The summed E-state index contributed by atoms with van der Waals surface area (Å²) in [5.74, 6) is 0.789. The van der Waals surface area contributed by atoms with Crippen molar-refractivity contribution < 1.29 is 4.74 Å². The van der Waals surface area contributed by atoms with Crippen LogP contribution in [0.15, 0.2) is 24.3 Å². The first-order valence-electron chi connectivity index (χ1n) is 6.60. The van der Waals surface area contributed by atoms with Gasteiger partial charge in [-0.15, -0.1) is 0 Å². The summed E-state index contributed by atoms with van der Waals surface area (Å²) in [6.07, 6.45) is 4.71. The minimum Gasteiger partial charge on any atom is -0.491 e. The standard InChI is InChI=1S/C15H22BrClO/c1-3-9-15(11-16,10-4-2)12-18-14-8-6-5-7-13(14)17/h5-8H,3-4,9-12H2,1-2H3. The SMILES string of the molecule is CCCC(CBr)(CCC)COc1ccccc1Cl. The van der Waals surface area contributed by atoms with Crippen LogP contribution in [0.1, 0.15) is 39.5 Å². The molecule has 0 aromatic heterocycles. The van der Waals surface area contributed by atoms with Gasteiger partial charge in [0.25, 0.3) is 0 Å². The van der Waals surface area contributed by atoms with Crippen molar-refractivity contribution in [3.8, 4) is 5.75 Å². The molecule has 0 N–H and O–H groups in total. The van der Waals surface area contributed by atoms with Gasteiger partial charge in [0.1, 0.15) is 5.75 Å². The maximum absolute atomic E-state index is 6.11. The first-order valence-corrected chi connectivity index (χ1v) is 8.10. The molecule has 102 valence electrons. The van der Waals surface area contributed by atoms with Crippen LogP contribution in [0.4, 0.5) is 0 Å². The van der Waals surface area contributed by atoms with Crippen molar-refractivity contribution in [3.63, 3.8) is 0 Å². The highest BCUT2D eigenvalue weighted by Gasteiger charge is 2.28. The van der Waals surface area contributed by atoms with E-state index in [-0.39, 0.29) is 5.41 Å². The molecule has 0 saturated carbocycles. The van der Waals surface area contributed by atoms with Crippen molar-refractivity contribution in [1.29, 1.82) is 0 Å². The number of ether oxygens (including phenoxy) is 1. The Labute approximate surface area is 124 Å². The fourth-order valence-corrected chi connectivity index (χ4v) is 3.21. The molecule has 0 aliphatic heterocycles. The quantitative estimate of drug-likeness (QED) is 0.554. The van der Waals surface area contributed by atoms with Gasteiger partial charge >= 0.3 is 0 Å². The number of hydrogen-bond donors (Lipinski definition) is 0. The molecular weight excluding hydrogens is 312 g/mol. The van der Waals surface area contributed by atoms with Gasteiger partial charge in [-0.25, -0.2) is 0 Å². The van der Waals surface area contributed by atoms with Gasteiger partial charge in [-0.2, -0.15) is 0 Å². The Kier molecular flexibility index (Phi) is 7.10. The molecule has 0 aliphatic carbocycles. The minimum absolute atomic E-state index is 0.225. The first kappa shape index (κ1) is 15.8. The van der Waals surface area contributed by atoms with E-state index in [1.807, 2.05) is 24.3 Å². The van der Waals surface area contributed by atoms with Crippen molar-refractivity contribution in [2.45, 2.75) is 39.5 Å². The first-order chi connectivity index (χ1) is 8.67. The fraction of sp³-hybridized carbons (Fsp3) is 0.600. The van der Waals surface area contributed by atoms with E-state index < -0.39 is 0 Å². The largest absolute Gasteiger partial charge is 0.491 e. The summed E-state index contributed by atoms with van der Waals surface area (Å²) in [5.41, 5.74) is 0.225. The predicted molar refractivity (Wildman–Crippen MR) is 83.0 cm³/mol. The van der Waals surface area contributed by atoms with Gasteiger partial charge in [-0.05, 0) is 25.0 Å². The number of para-hydroxylation sites is 1. The number of rotatable bonds is 8. The molecule has 1 aromatic carbocycles. The lowest BCUT2D eigenvalue weighted by atomic mass is 9.82. The van der Waals surface area contributed by atoms with Crippen molar-refractivity contribution >= 4 is 27.5 Å². The predicted octanol–water partition coefficient (Wildman–Crippen LogP) is 5.70. The van der Waals surface area contributed by atoms with Gasteiger partial charge in [-0.3, -0.25) is 0 Å². The molecule has 18 heavy (non-hydrogen) atoms. The van der Waals surface area contributed by atoms with Crippen molar-refractivity contribution in [2.75, 3.05) is 11.9 Å². The Morgan fingerprint density at radius 2 is 1.78 bits per heavy atom. The van der Waals surface area contributed by atoms with Gasteiger partial charge in [0.15, 0.2) is 0 Å². The molecule has 0 atom stereocenters. The zero-order valence-electron chi connectivity index (χ0n) is 11.2. The third-order valence-electron chi connectivity index (χ3n) is 3.21. The Hall–Kier alpha value is -0.210. The van der Waals surface area contributed by atoms with E-state index >= 15 is 0 Å². The summed E-state index contributed by atoms with van der Waals surface area (Å²) in [4.78, 5) is 0. The second-order valence-electron chi connectivity index (χ2n) is 4.85. The van der Waals surface area contributed by atoms with Crippen molar-refractivity contribution in [1.82, 2.24) is 0 Å². The van der Waals surface area contributed by atoms with Gasteiger partial charge in [-0.1, -0.05) is 66.4 Å². The van der Waals surface area contributed by atoms with Gasteiger partial charge in [0, 0.05) is 10.7 Å². The summed E-state index contributed by atoms with van der Waals surface area (Å²) in [7, 11) is 0. The van der Waals surface area contributed by atoms with E-state index in [9.17, 15) is 0 Å². The Morgan fingerprint density at radius 3 is 2.28 bits per heavy atom. The molecule has 0 amide bonds. The van der Waals surface area contributed by atoms with Crippen LogP contribution in [0.5, 0.6) is 5.75 Å². The minimum atomic E-state index is 0.225. The van der Waals surface area contributed by atoms with Crippen LogP contribution in [0.3, 0.4) is 0 Å². The molecule has 1 rings (SSSR count). The van der Waals surface area contributed by atoms with Crippen molar-refractivity contribution in [2.24, 2.45) is 5.41 Å². The summed E-state index contributed by atoms with van der Waals surface area (Å²) < 4.78 is 5.94. The highest BCUT2D eigenvalue weighted by Crippen LogP contribution is 2.34. The monoisotopic (exact) mass is 332 g/mol. The Balaban J connectivity index is 2.69. The average Bonchev–Trinajstić information content (AvgIpc) is 2.38. The summed E-state index contributed by atoms with van der Waals surface area (Å²) in [5, 5.41) is 1.67. The smallest absolute Gasteiger partial charge is 0.137 e. The highest BCUT2D eigenvalue weighted by atomic mass is 79.9. The summed E-state index contributed by atoms with van der Waals surface area (Å²) in [6, 6.07) is 7.67. The summed E-state index contributed by atoms with van der Waals surface area (Å²) >= 11 is 9.77. The lowest BCUT2D eigenvalue weighted by Gasteiger charge is -2.31. The third-order valence-corrected chi connectivity index (χ3v) is 4.72. The van der Waals surface area contributed by atoms with Gasteiger partial charge < -0.3 is 4.74 Å². The fourth-order valence-electron chi connectivity index (χ4n) is 2.29. The van der Waals surface area contributed by atoms with E-state index in [2.05, 4.69) is 29.8 Å². The number of halogens is 2. The van der Waals surface area contributed by atoms with Crippen LogP contribution >= 0.6 is 27.5 Å². The molecule has 3 heteroatoms. The Morgan fingerprint density at radius 1 is 1.17 bits per heavy atom. The van der Waals surface area contributed by atoms with E-state index in [4.69, 9.17) is 16.3 Å². The molecule has 0 heterocycles. The summed E-state index contributed by atoms with van der Waals surface area (Å²) in [6.45, 7) is 5.18. The molecule has 0 spiro atoms. The third kappa shape index (κ3) is 4.47. The number of benzene rings is 1. The molecular formula is C15H22BrClO. The van der Waals surface area contributed by atoms with Crippen LogP contribution in [0.25, 0.3) is 0 Å². The van der Waals surface area contributed by atoms with E-state index in [0.29, 0.717) is 5.02 Å². The topological polar surface area (TPSA) is 9.23 Å². The molecule has 0 saturated heterocycles. The van der Waals surface area contributed by atoms with E-state index in [1.165, 1.54) is 25.7 Å². The zero-order chi connectivity index (χ0) is 13.4. The average molecular weight is 334 g/mol. The van der Waals surface area contributed by atoms with Gasteiger partial charge in [0.05, 0.1) is 11.6 Å². The molecule has 0 bridgehead atoms. The van der Waals surface area contributed by atoms with Crippen LogP contribution in [-0.4, -0.2) is 11.9 Å². The molecule has 1 nitrogen and oxygen atoms in total. The molecule has 1 aromatic rings. The maximum atomic E-state index is 6.11. The molecule has 0 unspecified atom stereocenters. The second kappa shape index (κ2) is 8.06. The molecule has 0 aliphatic rings. The van der Waals surface area contributed by atoms with Crippen LogP contribution in [0, 0.1) is 5.41 Å². The number of hydrogen-bond acceptors (Lipinski definition) is 1. The van der Waals surface area contributed by atoms with Gasteiger partial charge in [0.2, 0.25) is 0 Å². The Bertz CT molecular complexity index is 348. The normalized spacial score (nSPS) is 11.6. The van der Waals surface area contributed by atoms with E-state index in [0.717, 1.165) is 17.7 Å². The lowest BCUT2D eigenvalue weighted by Crippen LogP contribution is -2.30. The number of alkyl halides is 1.